The number of carbonyl (C=O) groups excluding carboxylic acids is 1. The van der Waals surface area contributed by atoms with Crippen LogP contribution in [0.3, 0.4) is 0 Å². The number of aromatic nitrogens is 2. The maximum absolute atomic E-state index is 13.4. The van der Waals surface area contributed by atoms with Crippen LogP contribution in [0.25, 0.3) is 11.3 Å². The Kier molecular flexibility index (Phi) is 4.16. The van der Waals surface area contributed by atoms with E-state index < -0.39 is 5.82 Å². The first-order valence-electron chi connectivity index (χ1n) is 6.48. The fourth-order valence-corrected chi connectivity index (χ4v) is 1.86. The number of nitrogens with two attached hydrogens (primary N) is 1. The number of nitrogen functional groups attached to an aromatic ring is 1. The summed E-state index contributed by atoms with van der Waals surface area (Å²) in [6.45, 7) is 5.05. The van der Waals surface area contributed by atoms with E-state index in [1.165, 1.54) is 25.3 Å². The largest absolute Gasteiger partial charge is 0.490 e. The molecule has 0 amide bonds. The van der Waals surface area contributed by atoms with E-state index in [0.29, 0.717) is 17.0 Å². The highest BCUT2D eigenvalue weighted by molar-refractivity contribution is 5.96. The third-order valence-electron chi connectivity index (χ3n) is 2.72. The van der Waals surface area contributed by atoms with Gasteiger partial charge >= 0.3 is 0 Å². The average Bonchev–Trinajstić information content (AvgIpc) is 2.37. The summed E-state index contributed by atoms with van der Waals surface area (Å²) in [4.78, 5) is 19.5. The van der Waals surface area contributed by atoms with Gasteiger partial charge in [-0.15, -0.1) is 0 Å². The first-order chi connectivity index (χ1) is 9.88. The molecule has 0 unspecified atom stereocenters. The summed E-state index contributed by atoms with van der Waals surface area (Å²) in [5.74, 6) is -0.269. The Bertz CT molecular complexity index is 687. The zero-order valence-corrected chi connectivity index (χ0v) is 12.1. The SMILES string of the molecule is CC(=O)c1ncc(-c2ccc(F)cc2OC(C)C)nc1N. The van der Waals surface area contributed by atoms with E-state index in [9.17, 15) is 9.18 Å². The summed E-state index contributed by atoms with van der Waals surface area (Å²) in [7, 11) is 0. The minimum absolute atomic E-state index is 0.0415. The molecule has 21 heavy (non-hydrogen) atoms. The highest BCUT2D eigenvalue weighted by Crippen LogP contribution is 2.30. The van der Waals surface area contributed by atoms with Gasteiger partial charge in [0.25, 0.3) is 0 Å². The zero-order chi connectivity index (χ0) is 15.6. The fourth-order valence-electron chi connectivity index (χ4n) is 1.86. The third-order valence-corrected chi connectivity index (χ3v) is 2.72. The molecule has 5 nitrogen and oxygen atoms in total. The van der Waals surface area contributed by atoms with E-state index in [1.807, 2.05) is 13.8 Å². The number of anilines is 1. The molecule has 1 aromatic heterocycles. The number of ketones is 1. The molecule has 1 heterocycles. The molecule has 0 bridgehead atoms. The fraction of sp³-hybridized carbons (Fsp3) is 0.267. The number of Topliss-reactive ketones (excluding diaryl/α,β-unsaturated/α-hetero) is 1. The molecule has 0 aliphatic carbocycles. The minimum Gasteiger partial charge on any atom is -0.490 e. The second kappa shape index (κ2) is 5.87. The Balaban J connectivity index is 2.51. The van der Waals surface area contributed by atoms with Crippen LogP contribution < -0.4 is 10.5 Å². The van der Waals surface area contributed by atoms with E-state index in [2.05, 4.69) is 9.97 Å². The predicted molar refractivity (Wildman–Crippen MR) is 77.6 cm³/mol. The number of ether oxygens (including phenoxy) is 1. The van der Waals surface area contributed by atoms with Gasteiger partial charge in [-0.3, -0.25) is 4.79 Å². The van der Waals surface area contributed by atoms with Crippen molar-refractivity contribution in [1.29, 1.82) is 0 Å². The summed E-state index contributed by atoms with van der Waals surface area (Å²) in [5, 5.41) is 0. The number of hydrogen-bond donors (Lipinski definition) is 1. The molecular weight excluding hydrogens is 273 g/mol. The Hall–Kier alpha value is -2.50. The molecule has 0 fully saturated rings. The Morgan fingerprint density at radius 2 is 2.10 bits per heavy atom. The molecule has 2 aromatic rings. The van der Waals surface area contributed by atoms with E-state index in [4.69, 9.17) is 10.5 Å². The molecular formula is C15H16FN3O2. The molecule has 0 radical (unpaired) electrons. The lowest BCUT2D eigenvalue weighted by atomic mass is 10.1. The molecule has 110 valence electrons. The number of rotatable bonds is 4. The Morgan fingerprint density at radius 3 is 2.67 bits per heavy atom. The average molecular weight is 289 g/mol. The van der Waals surface area contributed by atoms with Gasteiger partial charge in [0, 0.05) is 18.6 Å². The van der Waals surface area contributed by atoms with Crippen molar-refractivity contribution in [3.63, 3.8) is 0 Å². The van der Waals surface area contributed by atoms with Crippen molar-refractivity contribution in [2.24, 2.45) is 0 Å². The monoisotopic (exact) mass is 289 g/mol. The molecule has 0 saturated heterocycles. The van der Waals surface area contributed by atoms with Gasteiger partial charge in [0.1, 0.15) is 17.3 Å². The van der Waals surface area contributed by atoms with Gasteiger partial charge in [0.2, 0.25) is 0 Å². The zero-order valence-electron chi connectivity index (χ0n) is 12.1. The number of nitrogens with zero attached hydrogens (tertiary/aromatic N) is 2. The lowest BCUT2D eigenvalue weighted by molar-refractivity contribution is 0.101. The number of benzene rings is 1. The minimum atomic E-state index is -0.407. The van der Waals surface area contributed by atoms with Crippen molar-refractivity contribution in [2.75, 3.05) is 5.73 Å². The normalized spacial score (nSPS) is 10.7. The van der Waals surface area contributed by atoms with Crippen LogP contribution >= 0.6 is 0 Å². The topological polar surface area (TPSA) is 78.1 Å². The standard InChI is InChI=1S/C15H16FN3O2/c1-8(2)21-13-6-10(16)4-5-11(13)12-7-18-14(9(3)20)15(17)19-12/h4-8H,1-3H3,(H2,17,19). The second-order valence-corrected chi connectivity index (χ2v) is 4.85. The third kappa shape index (κ3) is 3.34. The van der Waals surface area contributed by atoms with Crippen LogP contribution in [0.1, 0.15) is 31.3 Å². The first kappa shape index (κ1) is 14.9. The van der Waals surface area contributed by atoms with Crippen LogP contribution in [0.15, 0.2) is 24.4 Å². The van der Waals surface area contributed by atoms with Crippen LogP contribution in [0.2, 0.25) is 0 Å². The van der Waals surface area contributed by atoms with Gasteiger partial charge < -0.3 is 10.5 Å². The summed E-state index contributed by atoms with van der Waals surface area (Å²) in [5.41, 5.74) is 6.84. The second-order valence-electron chi connectivity index (χ2n) is 4.85. The molecule has 6 heteroatoms. The van der Waals surface area contributed by atoms with Crippen LogP contribution in [0, 0.1) is 5.82 Å². The van der Waals surface area contributed by atoms with Gasteiger partial charge in [0.05, 0.1) is 18.0 Å². The van der Waals surface area contributed by atoms with Gasteiger partial charge in [-0.05, 0) is 26.0 Å². The van der Waals surface area contributed by atoms with Crippen LogP contribution in [-0.4, -0.2) is 21.9 Å². The molecule has 0 atom stereocenters. The van der Waals surface area contributed by atoms with E-state index >= 15 is 0 Å². The smallest absolute Gasteiger partial charge is 0.181 e. The van der Waals surface area contributed by atoms with Crippen LogP contribution in [0.4, 0.5) is 10.2 Å². The summed E-state index contributed by atoms with van der Waals surface area (Å²) in [6.07, 6.45) is 1.31. The molecule has 0 aliphatic heterocycles. The van der Waals surface area contributed by atoms with Gasteiger partial charge in [0.15, 0.2) is 11.6 Å². The van der Waals surface area contributed by atoms with Crippen molar-refractivity contribution >= 4 is 11.6 Å². The lowest BCUT2D eigenvalue weighted by Gasteiger charge is -2.14. The number of carbonyl (C=O) groups is 1. The maximum Gasteiger partial charge on any atom is 0.181 e. The molecule has 2 rings (SSSR count). The quantitative estimate of drug-likeness (QED) is 0.876. The van der Waals surface area contributed by atoms with E-state index in [-0.39, 0.29) is 23.4 Å². The first-order valence-corrected chi connectivity index (χ1v) is 6.48. The molecule has 1 aromatic carbocycles. The van der Waals surface area contributed by atoms with Crippen molar-refractivity contribution in [2.45, 2.75) is 26.9 Å². The lowest BCUT2D eigenvalue weighted by Crippen LogP contribution is -2.09. The molecule has 0 saturated carbocycles. The van der Waals surface area contributed by atoms with Crippen molar-refractivity contribution in [3.8, 4) is 17.0 Å². The summed E-state index contributed by atoms with van der Waals surface area (Å²) >= 11 is 0. The Labute approximate surface area is 122 Å². The predicted octanol–water partition coefficient (Wildman–Crippen LogP) is 2.85. The van der Waals surface area contributed by atoms with Crippen molar-refractivity contribution in [1.82, 2.24) is 9.97 Å². The van der Waals surface area contributed by atoms with E-state index in [0.717, 1.165) is 0 Å². The van der Waals surface area contributed by atoms with Gasteiger partial charge in [-0.2, -0.15) is 0 Å². The summed E-state index contributed by atoms with van der Waals surface area (Å²) < 4.78 is 19.0. The summed E-state index contributed by atoms with van der Waals surface area (Å²) in [6, 6.07) is 4.13. The van der Waals surface area contributed by atoms with E-state index in [1.54, 1.807) is 6.07 Å². The van der Waals surface area contributed by atoms with Gasteiger partial charge in [-0.1, -0.05) is 0 Å². The highest BCUT2D eigenvalue weighted by Gasteiger charge is 2.14. The molecule has 0 aliphatic rings. The van der Waals surface area contributed by atoms with Crippen molar-refractivity contribution < 1.29 is 13.9 Å². The molecule has 0 spiro atoms. The van der Waals surface area contributed by atoms with Gasteiger partial charge in [-0.25, -0.2) is 14.4 Å². The molecule has 2 N–H and O–H groups in total. The maximum atomic E-state index is 13.4. The Morgan fingerprint density at radius 1 is 1.38 bits per heavy atom. The van der Waals surface area contributed by atoms with Crippen molar-refractivity contribution in [3.05, 3.63) is 35.9 Å². The highest BCUT2D eigenvalue weighted by atomic mass is 19.1. The number of halogens is 1. The van der Waals surface area contributed by atoms with Crippen LogP contribution in [-0.2, 0) is 0 Å². The van der Waals surface area contributed by atoms with Crippen LogP contribution in [0.5, 0.6) is 5.75 Å². The number of hydrogen-bond acceptors (Lipinski definition) is 5.